The Hall–Kier alpha value is -2.59. The Kier molecular flexibility index (Phi) is 5.96. The molecule has 3 N–H and O–H groups in total. The highest BCUT2D eigenvalue weighted by molar-refractivity contribution is 7.99. The Morgan fingerprint density at radius 1 is 1.27 bits per heavy atom. The van der Waals surface area contributed by atoms with Crippen LogP contribution in [0.5, 0.6) is 0 Å². The van der Waals surface area contributed by atoms with E-state index < -0.39 is 0 Å². The second-order valence-electron chi connectivity index (χ2n) is 6.09. The van der Waals surface area contributed by atoms with Crippen molar-refractivity contribution in [3.8, 4) is 11.1 Å². The molecule has 1 aromatic carbocycles. The molecule has 152 valence electrons. The van der Waals surface area contributed by atoms with Crippen LogP contribution in [0.15, 0.2) is 57.9 Å². The summed E-state index contributed by atoms with van der Waals surface area (Å²) in [5.41, 5.74) is 1.32. The first-order chi connectivity index (χ1) is 14.4. The molecule has 4 aromatic rings. The van der Waals surface area contributed by atoms with Crippen molar-refractivity contribution in [1.82, 2.24) is 14.6 Å². The van der Waals surface area contributed by atoms with Gasteiger partial charge in [-0.05, 0) is 11.6 Å². The molecule has 0 aliphatic heterocycles. The Balaban J connectivity index is 1.56. The first kappa shape index (κ1) is 20.7. The maximum absolute atomic E-state index is 12.9. The topological polar surface area (TPSA) is 103 Å². The van der Waals surface area contributed by atoms with E-state index >= 15 is 0 Å². The van der Waals surface area contributed by atoms with Crippen molar-refractivity contribution < 1.29 is 4.79 Å². The van der Waals surface area contributed by atoms with Crippen LogP contribution in [-0.4, -0.2) is 26.3 Å². The van der Waals surface area contributed by atoms with Crippen molar-refractivity contribution in [2.24, 2.45) is 0 Å². The highest BCUT2D eigenvalue weighted by Gasteiger charge is 2.17. The lowest BCUT2D eigenvalue weighted by Crippen LogP contribution is -2.30. The second-order valence-corrected chi connectivity index (χ2v) is 8.73. The quantitative estimate of drug-likeness (QED) is 0.252. The van der Waals surface area contributed by atoms with Gasteiger partial charge in [0.15, 0.2) is 11.0 Å². The summed E-state index contributed by atoms with van der Waals surface area (Å²) in [6.07, 6.45) is 1.38. The van der Waals surface area contributed by atoms with Crippen LogP contribution in [0.2, 0.25) is 10.0 Å². The molecule has 0 aliphatic carbocycles. The van der Waals surface area contributed by atoms with Gasteiger partial charge in [-0.2, -0.15) is 0 Å². The van der Waals surface area contributed by atoms with E-state index in [0.717, 1.165) is 27.6 Å². The van der Waals surface area contributed by atoms with E-state index in [1.54, 1.807) is 0 Å². The lowest BCUT2D eigenvalue weighted by Gasteiger charge is -2.08. The standard InChI is InChI=1S/C19H13Cl2N5O2S2/c20-11-6-13(21)16(23-7-11)24-14(27)9-30-19-25-17-15(18(28)26(19)22)12(8-29-17)10-4-2-1-3-5-10/h1-8H,9,22H2,(H,23,24,27). The van der Waals surface area contributed by atoms with Gasteiger partial charge in [-0.1, -0.05) is 65.3 Å². The zero-order valence-corrected chi connectivity index (χ0v) is 18.3. The Bertz CT molecular complexity index is 1310. The molecule has 3 heterocycles. The molecule has 0 saturated carbocycles. The maximum Gasteiger partial charge on any atom is 0.282 e. The summed E-state index contributed by atoms with van der Waals surface area (Å²) in [4.78, 5) is 34.1. The number of benzene rings is 1. The van der Waals surface area contributed by atoms with Crippen LogP contribution < -0.4 is 16.7 Å². The molecule has 7 nitrogen and oxygen atoms in total. The van der Waals surface area contributed by atoms with E-state index in [1.165, 1.54) is 23.6 Å². The third-order valence-electron chi connectivity index (χ3n) is 4.09. The summed E-state index contributed by atoms with van der Waals surface area (Å²) in [6, 6.07) is 11.0. The van der Waals surface area contributed by atoms with Crippen LogP contribution in [0.4, 0.5) is 5.82 Å². The molecule has 0 atom stereocenters. The average Bonchev–Trinajstić information content (AvgIpc) is 3.16. The van der Waals surface area contributed by atoms with Gasteiger partial charge >= 0.3 is 0 Å². The summed E-state index contributed by atoms with van der Waals surface area (Å²) in [7, 11) is 0. The van der Waals surface area contributed by atoms with Gasteiger partial charge < -0.3 is 11.2 Å². The van der Waals surface area contributed by atoms with Crippen LogP contribution in [0.3, 0.4) is 0 Å². The van der Waals surface area contributed by atoms with Crippen molar-refractivity contribution >= 4 is 68.2 Å². The number of nitrogens with two attached hydrogens (primary N) is 1. The molecular weight excluding hydrogens is 465 g/mol. The molecule has 1 amide bonds. The van der Waals surface area contributed by atoms with Gasteiger partial charge in [0.25, 0.3) is 5.56 Å². The molecule has 0 unspecified atom stereocenters. The largest absolute Gasteiger partial charge is 0.334 e. The molecule has 0 aliphatic rings. The molecular formula is C19H13Cl2N5O2S2. The Labute approximate surface area is 188 Å². The van der Waals surface area contributed by atoms with Gasteiger partial charge in [-0.15, -0.1) is 11.3 Å². The van der Waals surface area contributed by atoms with Gasteiger partial charge in [0.05, 0.1) is 21.2 Å². The lowest BCUT2D eigenvalue weighted by atomic mass is 10.1. The first-order valence-corrected chi connectivity index (χ1v) is 11.1. The van der Waals surface area contributed by atoms with Crippen LogP contribution in [-0.2, 0) is 4.79 Å². The molecule has 0 radical (unpaired) electrons. The molecule has 0 fully saturated rings. The fourth-order valence-electron chi connectivity index (χ4n) is 2.72. The number of aromatic nitrogens is 3. The number of halogens is 2. The van der Waals surface area contributed by atoms with Crippen LogP contribution in [0.1, 0.15) is 0 Å². The molecule has 0 spiro atoms. The van der Waals surface area contributed by atoms with Crippen molar-refractivity contribution in [2.45, 2.75) is 5.16 Å². The molecule has 3 aromatic heterocycles. The van der Waals surface area contributed by atoms with Crippen molar-refractivity contribution in [2.75, 3.05) is 16.9 Å². The minimum absolute atomic E-state index is 0.0350. The first-order valence-electron chi connectivity index (χ1n) is 8.52. The van der Waals surface area contributed by atoms with E-state index in [9.17, 15) is 9.59 Å². The minimum atomic E-state index is -0.373. The van der Waals surface area contributed by atoms with Crippen LogP contribution in [0, 0.1) is 0 Å². The number of pyridine rings is 1. The Morgan fingerprint density at radius 2 is 2.03 bits per heavy atom. The smallest absolute Gasteiger partial charge is 0.282 e. The number of nitrogens with one attached hydrogen (secondary N) is 1. The number of anilines is 1. The number of nitrogens with zero attached hydrogens (tertiary/aromatic N) is 3. The van der Waals surface area contributed by atoms with Crippen LogP contribution in [0.25, 0.3) is 21.3 Å². The molecule has 0 bridgehead atoms. The van der Waals surface area contributed by atoms with Gasteiger partial charge in [0.1, 0.15) is 4.83 Å². The van der Waals surface area contributed by atoms with E-state index in [2.05, 4.69) is 15.3 Å². The number of thiophene rings is 1. The maximum atomic E-state index is 12.9. The van der Waals surface area contributed by atoms with E-state index in [4.69, 9.17) is 29.0 Å². The van der Waals surface area contributed by atoms with Crippen molar-refractivity contribution in [3.05, 3.63) is 68.4 Å². The molecule has 4 rings (SSSR count). The number of nitrogen functional groups attached to an aromatic ring is 1. The third-order valence-corrected chi connectivity index (χ3v) is 6.41. The van der Waals surface area contributed by atoms with Crippen molar-refractivity contribution in [3.63, 3.8) is 0 Å². The predicted octanol–water partition coefficient (Wildman–Crippen LogP) is 4.27. The highest BCUT2D eigenvalue weighted by atomic mass is 35.5. The molecule has 0 saturated heterocycles. The number of carbonyl (C=O) groups excluding carboxylic acids is 1. The number of fused-ring (bicyclic) bond motifs is 1. The number of rotatable bonds is 5. The monoisotopic (exact) mass is 477 g/mol. The van der Waals surface area contributed by atoms with Gasteiger partial charge in [0, 0.05) is 17.1 Å². The van der Waals surface area contributed by atoms with E-state index in [-0.39, 0.29) is 33.2 Å². The number of carbonyl (C=O) groups is 1. The number of amides is 1. The van der Waals surface area contributed by atoms with Gasteiger partial charge in [0.2, 0.25) is 5.91 Å². The Morgan fingerprint density at radius 3 is 2.77 bits per heavy atom. The third kappa shape index (κ3) is 4.15. The summed E-state index contributed by atoms with van der Waals surface area (Å²) in [5.74, 6) is 5.77. The summed E-state index contributed by atoms with van der Waals surface area (Å²) in [6.45, 7) is 0. The second kappa shape index (κ2) is 8.65. The normalized spacial score (nSPS) is 11.0. The summed E-state index contributed by atoms with van der Waals surface area (Å²) >= 11 is 14.2. The molecule has 30 heavy (non-hydrogen) atoms. The predicted molar refractivity (Wildman–Crippen MR) is 123 cm³/mol. The highest BCUT2D eigenvalue weighted by Crippen LogP contribution is 2.31. The van der Waals surface area contributed by atoms with E-state index in [0.29, 0.717) is 15.2 Å². The zero-order chi connectivity index (χ0) is 21.3. The number of thioether (sulfide) groups is 1. The SMILES string of the molecule is Nn1c(SCC(=O)Nc2ncc(Cl)cc2Cl)nc2scc(-c3ccccc3)c2c1=O. The zero-order valence-electron chi connectivity index (χ0n) is 15.1. The summed E-state index contributed by atoms with van der Waals surface area (Å²) < 4.78 is 0.965. The van der Waals surface area contributed by atoms with Gasteiger partial charge in [-0.25, -0.2) is 14.6 Å². The van der Waals surface area contributed by atoms with Crippen molar-refractivity contribution in [1.29, 1.82) is 0 Å². The fourth-order valence-corrected chi connectivity index (χ4v) is 4.85. The summed E-state index contributed by atoms with van der Waals surface area (Å²) in [5, 5.41) is 5.75. The van der Waals surface area contributed by atoms with Crippen LogP contribution >= 0.6 is 46.3 Å². The lowest BCUT2D eigenvalue weighted by molar-refractivity contribution is -0.113. The number of hydrogen-bond donors (Lipinski definition) is 2. The van der Waals surface area contributed by atoms with Gasteiger partial charge in [-0.3, -0.25) is 9.59 Å². The molecule has 11 heteroatoms. The number of hydrogen-bond acceptors (Lipinski definition) is 7. The fraction of sp³-hybridized carbons (Fsp3) is 0.0526. The minimum Gasteiger partial charge on any atom is -0.334 e. The van der Waals surface area contributed by atoms with E-state index in [1.807, 2.05) is 35.7 Å². The average molecular weight is 478 g/mol.